The van der Waals surface area contributed by atoms with Crippen LogP contribution in [0.1, 0.15) is 29.7 Å². The molecule has 2 rings (SSSR count). The summed E-state index contributed by atoms with van der Waals surface area (Å²) in [5, 5.41) is 17.5. The molecule has 0 fully saturated rings. The number of carbonyl (C=O) groups is 1. The molecule has 0 spiro atoms. The quantitative estimate of drug-likeness (QED) is 0.597. The Morgan fingerprint density at radius 2 is 1.92 bits per heavy atom. The van der Waals surface area contributed by atoms with Crippen LogP contribution in [0.3, 0.4) is 0 Å². The fourth-order valence-corrected chi connectivity index (χ4v) is 2.58. The standard InChI is InChI=1S/C18H20ClN3O3/c1-11-7-16(17(22(24)25)8-12(11)2)21-18(23)10-20-13(3)14-5-4-6-15(19)9-14/h4-9,13,20H,10H2,1-3H3,(H,21,23)/t13-/m1/s1. The van der Waals surface area contributed by atoms with Gasteiger partial charge in [-0.3, -0.25) is 14.9 Å². The van der Waals surface area contributed by atoms with Crippen LogP contribution >= 0.6 is 11.6 Å². The topological polar surface area (TPSA) is 84.3 Å². The number of aryl methyl sites for hydroxylation is 2. The van der Waals surface area contributed by atoms with Crippen molar-refractivity contribution in [3.05, 3.63) is 68.2 Å². The van der Waals surface area contributed by atoms with Crippen LogP contribution in [-0.4, -0.2) is 17.4 Å². The lowest BCUT2D eigenvalue weighted by atomic mass is 10.1. The van der Waals surface area contributed by atoms with Gasteiger partial charge in [0.1, 0.15) is 5.69 Å². The molecule has 132 valence electrons. The number of nitrogens with zero attached hydrogens (tertiary/aromatic N) is 1. The van der Waals surface area contributed by atoms with Gasteiger partial charge < -0.3 is 10.6 Å². The maximum atomic E-state index is 12.2. The number of carbonyl (C=O) groups excluding carboxylic acids is 1. The molecule has 1 atom stereocenters. The Kier molecular flexibility index (Phi) is 6.12. The number of rotatable bonds is 6. The molecule has 7 heteroatoms. The van der Waals surface area contributed by atoms with Crippen LogP contribution in [0.4, 0.5) is 11.4 Å². The second-order valence-electron chi connectivity index (χ2n) is 5.92. The predicted octanol–water partition coefficient (Wildman–Crippen LogP) is 4.15. The third kappa shape index (κ3) is 5.01. The van der Waals surface area contributed by atoms with E-state index < -0.39 is 4.92 Å². The molecule has 0 radical (unpaired) electrons. The summed E-state index contributed by atoms with van der Waals surface area (Å²) in [6.45, 7) is 5.57. The van der Waals surface area contributed by atoms with Crippen LogP contribution in [0, 0.1) is 24.0 Å². The molecule has 25 heavy (non-hydrogen) atoms. The van der Waals surface area contributed by atoms with Crippen molar-refractivity contribution in [1.82, 2.24) is 5.32 Å². The van der Waals surface area contributed by atoms with Crippen LogP contribution in [0.25, 0.3) is 0 Å². The Balaban J connectivity index is 2.03. The van der Waals surface area contributed by atoms with Gasteiger partial charge in [-0.2, -0.15) is 0 Å². The van der Waals surface area contributed by atoms with Crippen LogP contribution in [0.15, 0.2) is 36.4 Å². The Bertz CT molecular complexity index is 808. The summed E-state index contributed by atoms with van der Waals surface area (Å²) in [4.78, 5) is 22.8. The summed E-state index contributed by atoms with van der Waals surface area (Å²) in [6, 6.07) is 10.4. The van der Waals surface area contributed by atoms with Crippen molar-refractivity contribution in [2.75, 3.05) is 11.9 Å². The SMILES string of the molecule is Cc1cc(NC(=O)CN[C@H](C)c2cccc(Cl)c2)c([N+](=O)[O-])cc1C. The second kappa shape index (κ2) is 8.09. The molecule has 2 aromatic carbocycles. The molecule has 0 aliphatic heterocycles. The summed E-state index contributed by atoms with van der Waals surface area (Å²) in [5.74, 6) is -0.347. The van der Waals surface area contributed by atoms with Gasteiger partial charge in [0.25, 0.3) is 5.69 Å². The average molecular weight is 362 g/mol. The molecule has 0 aliphatic rings. The molecule has 0 aliphatic carbocycles. The molecule has 0 heterocycles. The fourth-order valence-electron chi connectivity index (χ4n) is 2.39. The molecule has 0 aromatic heterocycles. The van der Waals surface area contributed by atoms with Crippen molar-refractivity contribution in [2.24, 2.45) is 0 Å². The molecule has 0 saturated heterocycles. The van der Waals surface area contributed by atoms with E-state index in [1.54, 1.807) is 19.1 Å². The first-order chi connectivity index (χ1) is 11.8. The minimum absolute atomic E-state index is 0.0256. The van der Waals surface area contributed by atoms with Gasteiger partial charge in [0.15, 0.2) is 0 Å². The zero-order valence-electron chi connectivity index (χ0n) is 14.3. The van der Waals surface area contributed by atoms with Gasteiger partial charge in [-0.25, -0.2) is 0 Å². The van der Waals surface area contributed by atoms with E-state index in [1.165, 1.54) is 6.07 Å². The van der Waals surface area contributed by atoms with Crippen LogP contribution in [0.5, 0.6) is 0 Å². The predicted molar refractivity (Wildman–Crippen MR) is 99.1 cm³/mol. The van der Waals surface area contributed by atoms with Gasteiger partial charge in [-0.05, 0) is 55.7 Å². The highest BCUT2D eigenvalue weighted by Crippen LogP contribution is 2.27. The minimum Gasteiger partial charge on any atom is -0.319 e. The Hall–Kier alpha value is -2.44. The normalized spacial score (nSPS) is 11.8. The highest BCUT2D eigenvalue weighted by atomic mass is 35.5. The van der Waals surface area contributed by atoms with E-state index >= 15 is 0 Å². The molecular weight excluding hydrogens is 342 g/mol. The van der Waals surface area contributed by atoms with Crippen LogP contribution < -0.4 is 10.6 Å². The lowest BCUT2D eigenvalue weighted by molar-refractivity contribution is -0.384. The fraction of sp³-hybridized carbons (Fsp3) is 0.278. The zero-order chi connectivity index (χ0) is 18.6. The molecule has 2 N–H and O–H groups in total. The van der Waals surface area contributed by atoms with Gasteiger partial charge in [0, 0.05) is 17.1 Å². The summed E-state index contributed by atoms with van der Waals surface area (Å²) >= 11 is 5.96. The van der Waals surface area contributed by atoms with Gasteiger partial charge in [0.2, 0.25) is 5.91 Å². The minimum atomic E-state index is -0.496. The van der Waals surface area contributed by atoms with Gasteiger partial charge in [0.05, 0.1) is 11.5 Å². The average Bonchev–Trinajstić information content (AvgIpc) is 2.55. The molecule has 0 bridgehead atoms. The number of hydrogen-bond acceptors (Lipinski definition) is 4. The van der Waals surface area contributed by atoms with E-state index in [-0.39, 0.29) is 29.9 Å². The van der Waals surface area contributed by atoms with E-state index in [1.807, 2.05) is 32.0 Å². The molecule has 1 amide bonds. The molecule has 0 saturated carbocycles. The number of nitro benzene ring substituents is 1. The first kappa shape index (κ1) is 18.9. The van der Waals surface area contributed by atoms with E-state index in [0.29, 0.717) is 5.02 Å². The number of amides is 1. The Labute approximate surface area is 151 Å². The third-order valence-corrected chi connectivity index (χ3v) is 4.24. The van der Waals surface area contributed by atoms with E-state index in [4.69, 9.17) is 11.6 Å². The molecule has 6 nitrogen and oxygen atoms in total. The van der Waals surface area contributed by atoms with Crippen molar-refractivity contribution in [3.63, 3.8) is 0 Å². The lowest BCUT2D eigenvalue weighted by Crippen LogP contribution is -2.30. The zero-order valence-corrected chi connectivity index (χ0v) is 15.1. The number of anilines is 1. The Morgan fingerprint density at radius 1 is 1.24 bits per heavy atom. The second-order valence-corrected chi connectivity index (χ2v) is 6.35. The monoisotopic (exact) mass is 361 g/mol. The highest BCUT2D eigenvalue weighted by molar-refractivity contribution is 6.30. The van der Waals surface area contributed by atoms with Crippen molar-refractivity contribution in [2.45, 2.75) is 26.8 Å². The molecular formula is C18H20ClN3O3. The number of halogens is 1. The summed E-state index contributed by atoms with van der Waals surface area (Å²) < 4.78 is 0. The summed E-state index contributed by atoms with van der Waals surface area (Å²) in [5.41, 5.74) is 2.73. The van der Waals surface area contributed by atoms with E-state index in [9.17, 15) is 14.9 Å². The first-order valence-electron chi connectivity index (χ1n) is 7.82. The first-order valence-corrected chi connectivity index (χ1v) is 8.20. The highest BCUT2D eigenvalue weighted by Gasteiger charge is 2.18. The third-order valence-electron chi connectivity index (χ3n) is 4.00. The van der Waals surface area contributed by atoms with Crippen molar-refractivity contribution >= 4 is 28.9 Å². The van der Waals surface area contributed by atoms with Gasteiger partial charge in [-0.1, -0.05) is 23.7 Å². The van der Waals surface area contributed by atoms with E-state index in [0.717, 1.165) is 16.7 Å². The Morgan fingerprint density at radius 3 is 2.56 bits per heavy atom. The van der Waals surface area contributed by atoms with E-state index in [2.05, 4.69) is 10.6 Å². The largest absolute Gasteiger partial charge is 0.319 e. The van der Waals surface area contributed by atoms with Crippen LogP contribution in [-0.2, 0) is 4.79 Å². The lowest BCUT2D eigenvalue weighted by Gasteiger charge is -2.15. The molecule has 0 unspecified atom stereocenters. The summed E-state index contributed by atoms with van der Waals surface area (Å²) in [6.07, 6.45) is 0. The summed E-state index contributed by atoms with van der Waals surface area (Å²) in [7, 11) is 0. The maximum absolute atomic E-state index is 12.2. The van der Waals surface area contributed by atoms with Crippen molar-refractivity contribution in [1.29, 1.82) is 0 Å². The number of nitro groups is 1. The number of hydrogen-bond donors (Lipinski definition) is 2. The number of benzene rings is 2. The van der Waals surface area contributed by atoms with Gasteiger partial charge >= 0.3 is 0 Å². The van der Waals surface area contributed by atoms with Crippen molar-refractivity contribution < 1.29 is 9.72 Å². The molecule has 2 aromatic rings. The number of nitrogens with one attached hydrogen (secondary N) is 2. The van der Waals surface area contributed by atoms with Crippen molar-refractivity contribution in [3.8, 4) is 0 Å². The smallest absolute Gasteiger partial charge is 0.293 e. The maximum Gasteiger partial charge on any atom is 0.293 e. The van der Waals surface area contributed by atoms with Gasteiger partial charge in [-0.15, -0.1) is 0 Å². The van der Waals surface area contributed by atoms with Crippen LogP contribution in [0.2, 0.25) is 5.02 Å².